The molecule has 0 saturated carbocycles. The van der Waals surface area contributed by atoms with Crippen LogP contribution < -0.4 is 0 Å². The van der Waals surface area contributed by atoms with Crippen LogP contribution in [0.15, 0.2) is 16.6 Å². The molecule has 1 aromatic carbocycles. The summed E-state index contributed by atoms with van der Waals surface area (Å²) in [7, 11) is 0. The molecule has 2 nitrogen and oxygen atoms in total. The average molecular weight is 270 g/mol. The predicted octanol–water partition coefficient (Wildman–Crippen LogP) is 3.19. The minimum Gasteiger partial charge on any atom is -0.506 e. The number of carbonyl (C=O) groups excluding carboxylic acids is 1. The first kappa shape index (κ1) is 9.84. The zero-order valence-electron chi connectivity index (χ0n) is 5.64. The molecule has 0 unspecified atom stereocenters. The Balaban J connectivity index is 3.37. The van der Waals surface area contributed by atoms with Gasteiger partial charge in [-0.05, 0) is 23.7 Å². The van der Waals surface area contributed by atoms with Crippen molar-refractivity contribution >= 4 is 44.4 Å². The Hall–Kier alpha value is -0.250. The highest BCUT2D eigenvalue weighted by atomic mass is 79.9. The van der Waals surface area contributed by atoms with Gasteiger partial charge in [0.15, 0.2) is 0 Å². The monoisotopic (exact) mass is 268 g/mol. The molecule has 0 aliphatic carbocycles. The molecule has 0 radical (unpaired) electrons. The van der Waals surface area contributed by atoms with Crippen molar-refractivity contribution in [3.63, 3.8) is 0 Å². The van der Waals surface area contributed by atoms with Gasteiger partial charge in [0.2, 0.25) is 0 Å². The fourth-order valence-electron chi connectivity index (χ4n) is 0.716. The Morgan fingerprint density at radius 3 is 2.58 bits per heavy atom. The first-order valence-corrected chi connectivity index (χ1v) is 4.45. The molecule has 0 aliphatic rings. The van der Waals surface area contributed by atoms with E-state index >= 15 is 0 Å². The highest BCUT2D eigenvalue weighted by Crippen LogP contribution is 2.31. The molecule has 0 saturated heterocycles. The van der Waals surface area contributed by atoms with E-state index in [1.165, 1.54) is 12.1 Å². The first-order valence-electron chi connectivity index (χ1n) is 2.90. The van der Waals surface area contributed by atoms with Crippen molar-refractivity contribution in [3.05, 3.63) is 27.2 Å². The molecule has 1 aromatic rings. The maximum Gasteiger partial charge on any atom is 0.256 e. The van der Waals surface area contributed by atoms with E-state index in [1.807, 2.05) is 0 Å². The molecular weight excluding hydrogens is 267 g/mol. The number of rotatable bonds is 1. The summed E-state index contributed by atoms with van der Waals surface area (Å²) < 4.78 is 0.592. The van der Waals surface area contributed by atoms with Gasteiger partial charge in [-0.3, -0.25) is 4.79 Å². The summed E-state index contributed by atoms with van der Waals surface area (Å²) in [6.07, 6.45) is 0. The number of phenolic OH excluding ortho intramolecular Hbond substituents is 1. The number of phenols is 1. The van der Waals surface area contributed by atoms with Gasteiger partial charge in [0.1, 0.15) is 5.75 Å². The third-order valence-electron chi connectivity index (χ3n) is 1.24. The SMILES string of the molecule is O=C(Cl)c1cc(Br)cc(Cl)c1O. The van der Waals surface area contributed by atoms with Crippen LogP contribution in [0.25, 0.3) is 0 Å². The summed E-state index contributed by atoms with van der Waals surface area (Å²) in [5.74, 6) is -0.292. The molecule has 0 aliphatic heterocycles. The second-order valence-electron chi connectivity index (χ2n) is 2.06. The Kier molecular flexibility index (Phi) is 2.99. The maximum atomic E-state index is 10.7. The summed E-state index contributed by atoms with van der Waals surface area (Å²) in [5.41, 5.74) is -0.00367. The predicted molar refractivity (Wildman–Crippen MR) is 51.0 cm³/mol. The van der Waals surface area contributed by atoms with E-state index in [0.29, 0.717) is 4.47 Å². The largest absolute Gasteiger partial charge is 0.506 e. The molecule has 5 heteroatoms. The lowest BCUT2D eigenvalue weighted by molar-refractivity contribution is 0.107. The van der Waals surface area contributed by atoms with Crippen LogP contribution in [0.4, 0.5) is 0 Å². The number of aromatic hydroxyl groups is 1. The van der Waals surface area contributed by atoms with E-state index in [2.05, 4.69) is 15.9 Å². The third kappa shape index (κ3) is 1.91. The minimum absolute atomic E-state index is 0.00367. The summed E-state index contributed by atoms with van der Waals surface area (Å²) in [6.45, 7) is 0. The molecule has 0 atom stereocenters. The Bertz CT molecular complexity index is 338. The van der Waals surface area contributed by atoms with Crippen LogP contribution in [0.1, 0.15) is 10.4 Å². The van der Waals surface area contributed by atoms with Crippen LogP contribution in [0.3, 0.4) is 0 Å². The molecule has 1 N–H and O–H groups in total. The molecule has 0 spiro atoms. The zero-order valence-corrected chi connectivity index (χ0v) is 8.74. The Labute approximate surface area is 87.2 Å². The van der Waals surface area contributed by atoms with Crippen molar-refractivity contribution in [1.82, 2.24) is 0 Å². The summed E-state index contributed by atoms with van der Waals surface area (Å²) in [6, 6.07) is 2.87. The van der Waals surface area contributed by atoms with Crippen LogP contribution in [0, 0.1) is 0 Å². The number of halogens is 3. The van der Waals surface area contributed by atoms with E-state index in [0.717, 1.165) is 0 Å². The van der Waals surface area contributed by atoms with Gasteiger partial charge in [-0.15, -0.1) is 0 Å². The minimum atomic E-state index is -0.740. The quantitative estimate of drug-likeness (QED) is 0.795. The van der Waals surface area contributed by atoms with Gasteiger partial charge in [-0.2, -0.15) is 0 Å². The lowest BCUT2D eigenvalue weighted by atomic mass is 10.2. The van der Waals surface area contributed by atoms with Gasteiger partial charge in [0, 0.05) is 4.47 Å². The highest BCUT2D eigenvalue weighted by Gasteiger charge is 2.12. The Morgan fingerprint density at radius 2 is 2.08 bits per heavy atom. The van der Waals surface area contributed by atoms with Crippen LogP contribution in [-0.2, 0) is 0 Å². The standard InChI is InChI=1S/C7H3BrCl2O2/c8-3-1-4(7(10)12)6(11)5(9)2-3/h1-2,11H. The molecule has 0 amide bonds. The average Bonchev–Trinajstić information content (AvgIpc) is 1.96. The van der Waals surface area contributed by atoms with Crippen LogP contribution in [0.2, 0.25) is 5.02 Å². The summed E-state index contributed by atoms with van der Waals surface area (Å²) in [4.78, 5) is 10.7. The van der Waals surface area contributed by atoms with Gasteiger partial charge in [-0.25, -0.2) is 0 Å². The maximum absolute atomic E-state index is 10.7. The first-order chi connectivity index (χ1) is 5.52. The number of benzene rings is 1. The molecule has 0 fully saturated rings. The van der Waals surface area contributed by atoms with Crippen molar-refractivity contribution in [3.8, 4) is 5.75 Å². The van der Waals surface area contributed by atoms with Crippen molar-refractivity contribution < 1.29 is 9.90 Å². The summed E-state index contributed by atoms with van der Waals surface area (Å²) >= 11 is 13.9. The molecule has 64 valence electrons. The summed E-state index contributed by atoms with van der Waals surface area (Å²) in [5, 5.41) is 8.59. The highest BCUT2D eigenvalue weighted by molar-refractivity contribution is 9.10. The van der Waals surface area contributed by atoms with E-state index in [1.54, 1.807) is 0 Å². The molecule has 1 rings (SSSR count). The molecule has 0 bridgehead atoms. The van der Waals surface area contributed by atoms with Crippen molar-refractivity contribution in [2.24, 2.45) is 0 Å². The number of hydrogen-bond donors (Lipinski definition) is 1. The fraction of sp³-hybridized carbons (Fsp3) is 0. The third-order valence-corrected chi connectivity index (χ3v) is 2.19. The van der Waals surface area contributed by atoms with Crippen LogP contribution in [-0.4, -0.2) is 10.3 Å². The number of hydrogen-bond acceptors (Lipinski definition) is 2. The Morgan fingerprint density at radius 1 is 1.50 bits per heavy atom. The lowest BCUT2D eigenvalue weighted by Crippen LogP contribution is -1.89. The van der Waals surface area contributed by atoms with E-state index in [-0.39, 0.29) is 16.3 Å². The second-order valence-corrected chi connectivity index (χ2v) is 3.72. The van der Waals surface area contributed by atoms with Gasteiger partial charge in [-0.1, -0.05) is 27.5 Å². The van der Waals surface area contributed by atoms with E-state index in [9.17, 15) is 9.90 Å². The lowest BCUT2D eigenvalue weighted by Gasteiger charge is -2.01. The van der Waals surface area contributed by atoms with E-state index < -0.39 is 5.24 Å². The second kappa shape index (κ2) is 3.64. The zero-order chi connectivity index (χ0) is 9.30. The van der Waals surface area contributed by atoms with Crippen molar-refractivity contribution in [2.75, 3.05) is 0 Å². The fourth-order valence-corrected chi connectivity index (χ4v) is 1.67. The van der Waals surface area contributed by atoms with Gasteiger partial charge < -0.3 is 5.11 Å². The van der Waals surface area contributed by atoms with Crippen LogP contribution in [0.5, 0.6) is 5.75 Å². The normalized spacial score (nSPS) is 9.92. The molecule has 0 heterocycles. The van der Waals surface area contributed by atoms with Gasteiger partial charge in [0.05, 0.1) is 10.6 Å². The number of carbonyl (C=O) groups is 1. The molecule has 0 aromatic heterocycles. The van der Waals surface area contributed by atoms with Crippen molar-refractivity contribution in [1.29, 1.82) is 0 Å². The molecular formula is C7H3BrCl2O2. The topological polar surface area (TPSA) is 37.3 Å². The van der Waals surface area contributed by atoms with E-state index in [4.69, 9.17) is 23.2 Å². The van der Waals surface area contributed by atoms with Gasteiger partial charge >= 0.3 is 0 Å². The smallest absolute Gasteiger partial charge is 0.256 e. The van der Waals surface area contributed by atoms with Crippen molar-refractivity contribution in [2.45, 2.75) is 0 Å². The van der Waals surface area contributed by atoms with Crippen LogP contribution >= 0.6 is 39.1 Å². The molecule has 12 heavy (non-hydrogen) atoms. The van der Waals surface area contributed by atoms with Gasteiger partial charge in [0.25, 0.3) is 5.24 Å².